The van der Waals surface area contributed by atoms with E-state index in [4.69, 9.17) is 0 Å². The van der Waals surface area contributed by atoms with Gasteiger partial charge in [0.05, 0.1) is 4.47 Å². The zero-order valence-corrected chi connectivity index (χ0v) is 13.0. The Balaban J connectivity index is 1.90. The fourth-order valence-electron chi connectivity index (χ4n) is 2.89. The molecule has 1 aliphatic rings. The molecular formula is C14H17BrN4O. The third-order valence-electron chi connectivity index (χ3n) is 3.87. The lowest BCUT2D eigenvalue weighted by atomic mass is 10.2. The predicted molar refractivity (Wildman–Crippen MR) is 79.7 cm³/mol. The van der Waals surface area contributed by atoms with Crippen molar-refractivity contribution in [3.05, 3.63) is 28.6 Å². The molecule has 0 aliphatic heterocycles. The molecule has 106 valence electrons. The largest absolute Gasteiger partial charge is 0.335 e. The Labute approximate surface area is 126 Å². The molecule has 5 nitrogen and oxygen atoms in total. The molecule has 0 unspecified atom stereocenters. The van der Waals surface area contributed by atoms with Gasteiger partial charge in [-0.15, -0.1) is 0 Å². The zero-order chi connectivity index (χ0) is 14.1. The van der Waals surface area contributed by atoms with Crippen molar-refractivity contribution in [3.8, 4) is 0 Å². The third-order valence-corrected chi connectivity index (χ3v) is 4.28. The summed E-state index contributed by atoms with van der Waals surface area (Å²) in [5.74, 6) is 0.0148. The molecule has 1 amide bonds. The molecule has 3 rings (SSSR count). The summed E-state index contributed by atoms with van der Waals surface area (Å²) < 4.78 is 2.48. The molecule has 0 N–H and O–H groups in total. The Hall–Kier alpha value is -1.43. The Bertz CT molecular complexity index is 633. The van der Waals surface area contributed by atoms with Gasteiger partial charge in [0.2, 0.25) is 0 Å². The molecule has 1 aliphatic carbocycles. The smallest absolute Gasteiger partial charge is 0.274 e. The second-order valence-corrected chi connectivity index (χ2v) is 6.05. The van der Waals surface area contributed by atoms with E-state index in [9.17, 15) is 4.79 Å². The number of nitrogens with zero attached hydrogens (tertiary/aromatic N) is 4. The second-order valence-electron chi connectivity index (χ2n) is 5.13. The Kier molecular flexibility index (Phi) is 3.74. The van der Waals surface area contributed by atoms with Crippen molar-refractivity contribution < 1.29 is 4.79 Å². The summed E-state index contributed by atoms with van der Waals surface area (Å²) >= 11 is 3.36. The summed E-state index contributed by atoms with van der Waals surface area (Å²) in [5.41, 5.74) is 1.17. The molecule has 2 aromatic rings. The van der Waals surface area contributed by atoms with Gasteiger partial charge in [-0.2, -0.15) is 5.10 Å². The maximum absolute atomic E-state index is 12.6. The SMILES string of the molecule is CCN(C(=O)c1cc2ncc(Br)cn2n1)C1CCCC1. The molecule has 0 saturated heterocycles. The maximum Gasteiger partial charge on any atom is 0.274 e. The van der Waals surface area contributed by atoms with Gasteiger partial charge in [-0.05, 0) is 35.7 Å². The van der Waals surface area contributed by atoms with Crippen molar-refractivity contribution in [2.75, 3.05) is 6.54 Å². The average molecular weight is 337 g/mol. The van der Waals surface area contributed by atoms with Crippen molar-refractivity contribution >= 4 is 27.5 Å². The number of carbonyl (C=O) groups excluding carboxylic acids is 1. The van der Waals surface area contributed by atoms with Crippen LogP contribution >= 0.6 is 15.9 Å². The Morgan fingerprint density at radius 3 is 2.95 bits per heavy atom. The number of hydrogen-bond acceptors (Lipinski definition) is 3. The monoisotopic (exact) mass is 336 g/mol. The van der Waals surface area contributed by atoms with Gasteiger partial charge in [0.25, 0.3) is 5.91 Å². The number of hydrogen-bond donors (Lipinski definition) is 0. The molecule has 20 heavy (non-hydrogen) atoms. The first kappa shape index (κ1) is 13.5. The van der Waals surface area contributed by atoms with Crippen LogP contribution in [0.1, 0.15) is 43.1 Å². The lowest BCUT2D eigenvalue weighted by Crippen LogP contribution is -2.38. The number of rotatable bonds is 3. The van der Waals surface area contributed by atoms with Crippen molar-refractivity contribution in [2.24, 2.45) is 0 Å². The van der Waals surface area contributed by atoms with E-state index in [-0.39, 0.29) is 5.91 Å². The van der Waals surface area contributed by atoms with Crippen LogP contribution in [0.4, 0.5) is 0 Å². The van der Waals surface area contributed by atoms with E-state index in [0.29, 0.717) is 17.4 Å². The van der Waals surface area contributed by atoms with Crippen LogP contribution in [0.15, 0.2) is 22.9 Å². The van der Waals surface area contributed by atoms with Gasteiger partial charge in [-0.25, -0.2) is 9.50 Å². The first-order valence-electron chi connectivity index (χ1n) is 7.01. The highest BCUT2D eigenvalue weighted by molar-refractivity contribution is 9.10. The van der Waals surface area contributed by atoms with Crippen LogP contribution < -0.4 is 0 Å². The average Bonchev–Trinajstić information content (AvgIpc) is 3.07. The number of fused-ring (bicyclic) bond motifs is 1. The van der Waals surface area contributed by atoms with Gasteiger partial charge in [0, 0.05) is 31.0 Å². The molecule has 0 spiro atoms. The fourth-order valence-corrected chi connectivity index (χ4v) is 3.19. The predicted octanol–water partition coefficient (Wildman–Crippen LogP) is 2.90. The molecule has 6 heteroatoms. The van der Waals surface area contributed by atoms with Crippen molar-refractivity contribution in [2.45, 2.75) is 38.6 Å². The minimum atomic E-state index is 0.0148. The highest BCUT2D eigenvalue weighted by atomic mass is 79.9. The summed E-state index contributed by atoms with van der Waals surface area (Å²) in [6, 6.07) is 2.13. The number of carbonyl (C=O) groups is 1. The summed E-state index contributed by atoms with van der Waals surface area (Å²) in [7, 11) is 0. The highest BCUT2D eigenvalue weighted by Gasteiger charge is 2.27. The summed E-state index contributed by atoms with van der Waals surface area (Å²) in [5, 5.41) is 4.35. The highest BCUT2D eigenvalue weighted by Crippen LogP contribution is 2.24. The first-order chi connectivity index (χ1) is 9.69. The second kappa shape index (κ2) is 5.52. The van der Waals surface area contributed by atoms with E-state index in [2.05, 4.69) is 26.0 Å². The van der Waals surface area contributed by atoms with E-state index < -0.39 is 0 Å². The number of amides is 1. The molecule has 2 heterocycles. The van der Waals surface area contributed by atoms with E-state index in [1.54, 1.807) is 16.8 Å². The van der Waals surface area contributed by atoms with Gasteiger partial charge >= 0.3 is 0 Å². The van der Waals surface area contributed by atoms with E-state index >= 15 is 0 Å². The van der Waals surface area contributed by atoms with Crippen LogP contribution in [0.25, 0.3) is 5.65 Å². The number of aromatic nitrogens is 3. The van der Waals surface area contributed by atoms with Crippen LogP contribution in [-0.4, -0.2) is 38.0 Å². The van der Waals surface area contributed by atoms with E-state index in [0.717, 1.165) is 23.9 Å². The van der Waals surface area contributed by atoms with Gasteiger partial charge in [-0.3, -0.25) is 4.79 Å². The minimum Gasteiger partial charge on any atom is -0.335 e. The Morgan fingerprint density at radius 1 is 1.50 bits per heavy atom. The lowest BCUT2D eigenvalue weighted by Gasteiger charge is -2.26. The maximum atomic E-state index is 12.6. The molecule has 0 aromatic carbocycles. The molecular weight excluding hydrogens is 320 g/mol. The quantitative estimate of drug-likeness (QED) is 0.865. The van der Waals surface area contributed by atoms with Gasteiger partial charge in [0.1, 0.15) is 0 Å². The molecule has 2 aromatic heterocycles. The molecule has 0 atom stereocenters. The van der Waals surface area contributed by atoms with E-state index in [1.807, 2.05) is 18.0 Å². The van der Waals surface area contributed by atoms with Crippen LogP contribution in [0.5, 0.6) is 0 Å². The first-order valence-corrected chi connectivity index (χ1v) is 7.80. The lowest BCUT2D eigenvalue weighted by molar-refractivity contribution is 0.0687. The van der Waals surface area contributed by atoms with Crippen LogP contribution in [0, 0.1) is 0 Å². The van der Waals surface area contributed by atoms with Gasteiger partial charge < -0.3 is 4.90 Å². The summed E-state index contributed by atoms with van der Waals surface area (Å²) in [6.45, 7) is 2.76. The molecule has 1 saturated carbocycles. The fraction of sp³-hybridized carbons (Fsp3) is 0.500. The van der Waals surface area contributed by atoms with Crippen molar-refractivity contribution in [3.63, 3.8) is 0 Å². The standard InChI is InChI=1S/C14H17BrN4O/c1-2-18(11-5-3-4-6-11)14(20)12-7-13-16-8-10(15)9-19(13)17-12/h7-9,11H,2-6H2,1H3. The van der Waals surface area contributed by atoms with Crippen LogP contribution in [0.3, 0.4) is 0 Å². The molecule has 1 fully saturated rings. The zero-order valence-electron chi connectivity index (χ0n) is 11.4. The molecule has 0 bridgehead atoms. The Morgan fingerprint density at radius 2 is 2.25 bits per heavy atom. The minimum absolute atomic E-state index is 0.0148. The van der Waals surface area contributed by atoms with Crippen LogP contribution in [0.2, 0.25) is 0 Å². The summed E-state index contributed by atoms with van der Waals surface area (Å²) in [6.07, 6.45) is 8.17. The number of halogens is 1. The van der Waals surface area contributed by atoms with E-state index in [1.165, 1.54) is 12.8 Å². The molecule has 0 radical (unpaired) electrons. The van der Waals surface area contributed by atoms with Crippen molar-refractivity contribution in [1.82, 2.24) is 19.5 Å². The van der Waals surface area contributed by atoms with Crippen LogP contribution in [-0.2, 0) is 0 Å². The third kappa shape index (κ3) is 2.44. The normalized spacial score (nSPS) is 15.9. The topological polar surface area (TPSA) is 50.5 Å². The van der Waals surface area contributed by atoms with Gasteiger partial charge in [0.15, 0.2) is 11.3 Å². The summed E-state index contributed by atoms with van der Waals surface area (Å²) in [4.78, 5) is 18.8. The van der Waals surface area contributed by atoms with Crippen molar-refractivity contribution in [1.29, 1.82) is 0 Å². The van der Waals surface area contributed by atoms with Gasteiger partial charge in [-0.1, -0.05) is 12.8 Å².